The predicted octanol–water partition coefficient (Wildman–Crippen LogP) is 2.65. The molecule has 1 unspecified atom stereocenters. The van der Waals surface area contributed by atoms with Crippen LogP contribution in [0.1, 0.15) is 41.4 Å². The number of carbonyl (C=O) groups is 4. The fourth-order valence-corrected chi connectivity index (χ4v) is 5.67. The molecule has 4 rings (SSSR count). The average molecular weight is 692 g/mol. The molecular formula is C33H40F3N5O8. The Kier molecular flexibility index (Phi) is 12.8. The number of carboxylic acids is 1. The Bertz CT molecular complexity index is 1630. The summed E-state index contributed by atoms with van der Waals surface area (Å²) in [5.41, 5.74) is 8.73. The zero-order valence-corrected chi connectivity index (χ0v) is 27.3. The van der Waals surface area contributed by atoms with Crippen molar-refractivity contribution in [2.24, 2.45) is 12.8 Å². The van der Waals surface area contributed by atoms with Gasteiger partial charge in [-0.25, -0.2) is 9.59 Å². The molecule has 1 aliphatic rings. The van der Waals surface area contributed by atoms with Gasteiger partial charge < -0.3 is 45.0 Å². The minimum atomic E-state index is -5.19. The summed E-state index contributed by atoms with van der Waals surface area (Å²) in [5, 5.41) is 31.2. The molecule has 16 heteroatoms. The lowest BCUT2D eigenvalue weighted by Crippen LogP contribution is -2.62. The quantitative estimate of drug-likeness (QED) is 0.193. The number of aryl methyl sites for hydroxylation is 1. The number of urea groups is 1. The van der Waals surface area contributed by atoms with Gasteiger partial charge in [0.25, 0.3) is 0 Å². The number of hydrogen-bond acceptors (Lipinski definition) is 9. The Morgan fingerprint density at radius 1 is 1.10 bits per heavy atom. The van der Waals surface area contributed by atoms with Crippen LogP contribution in [0.5, 0.6) is 11.5 Å². The first-order valence-corrected chi connectivity index (χ1v) is 15.3. The van der Waals surface area contributed by atoms with Crippen molar-refractivity contribution in [1.82, 2.24) is 9.47 Å². The number of quaternary nitrogens is 1. The molecule has 3 atom stereocenters. The van der Waals surface area contributed by atoms with Gasteiger partial charge in [0.1, 0.15) is 36.3 Å². The highest BCUT2D eigenvalue weighted by molar-refractivity contribution is 6.04. The number of nitrogens with two attached hydrogens (primary N) is 1. The maximum Gasteiger partial charge on any atom is 0.430 e. The molecule has 49 heavy (non-hydrogen) atoms. The summed E-state index contributed by atoms with van der Waals surface area (Å²) < 4.78 is 38.8. The first-order chi connectivity index (χ1) is 22.9. The number of likely N-dealkylation sites (tertiary alicyclic amines) is 1. The van der Waals surface area contributed by atoms with E-state index in [0.29, 0.717) is 29.7 Å². The van der Waals surface area contributed by atoms with Gasteiger partial charge in [0.15, 0.2) is 0 Å². The van der Waals surface area contributed by atoms with Gasteiger partial charge in [-0.15, -0.1) is 0 Å². The maximum absolute atomic E-state index is 13.9. The van der Waals surface area contributed by atoms with Crippen molar-refractivity contribution in [3.05, 3.63) is 77.6 Å². The minimum Gasteiger partial charge on any atom is -0.542 e. The van der Waals surface area contributed by atoms with Crippen LogP contribution in [-0.2, 0) is 34.3 Å². The number of carbonyl (C=O) groups excluding carboxylic acids is 4. The summed E-state index contributed by atoms with van der Waals surface area (Å²) in [7, 11) is 3.75. The van der Waals surface area contributed by atoms with Gasteiger partial charge in [-0.05, 0) is 62.1 Å². The van der Waals surface area contributed by atoms with E-state index in [1.807, 2.05) is 6.07 Å². The van der Waals surface area contributed by atoms with Gasteiger partial charge in [0.2, 0.25) is 5.91 Å². The molecule has 1 aliphatic heterocycles. The molecule has 0 bridgehead atoms. The lowest BCUT2D eigenvalue weighted by Gasteiger charge is -2.44. The first kappa shape index (κ1) is 38.4. The number of rotatable bonds is 9. The fraction of sp³-hybridized carbons (Fsp3) is 0.394. The molecule has 0 aliphatic carbocycles. The second kappa shape index (κ2) is 16.3. The van der Waals surface area contributed by atoms with Crippen molar-refractivity contribution in [3.8, 4) is 11.5 Å². The summed E-state index contributed by atoms with van der Waals surface area (Å²) in [4.78, 5) is 50.1. The van der Waals surface area contributed by atoms with Gasteiger partial charge in [-0.1, -0.05) is 24.3 Å². The molecule has 2 heterocycles. The Morgan fingerprint density at radius 2 is 1.76 bits per heavy atom. The summed E-state index contributed by atoms with van der Waals surface area (Å²) >= 11 is 0. The number of likely N-dealkylation sites (N-methyl/N-ethyl adjacent to an activating group) is 1. The fourth-order valence-electron chi connectivity index (χ4n) is 5.67. The number of aromatic nitrogens is 1. The van der Waals surface area contributed by atoms with E-state index in [1.54, 1.807) is 55.1 Å². The molecule has 1 saturated heterocycles. The lowest BCUT2D eigenvalue weighted by molar-refractivity contribution is -0.928. The molecule has 0 spiro atoms. The number of aliphatic carboxylic acids is 1. The van der Waals surface area contributed by atoms with E-state index in [0.717, 1.165) is 24.1 Å². The van der Waals surface area contributed by atoms with Crippen LogP contribution in [0.3, 0.4) is 0 Å². The molecule has 13 nitrogen and oxygen atoms in total. The number of piperidine rings is 1. The van der Waals surface area contributed by atoms with Crippen molar-refractivity contribution in [3.63, 3.8) is 0 Å². The highest BCUT2D eigenvalue weighted by Crippen LogP contribution is 2.27. The minimum absolute atomic E-state index is 0.107. The lowest BCUT2D eigenvalue weighted by atomic mass is 9.98. The van der Waals surface area contributed by atoms with Gasteiger partial charge in [0.05, 0.1) is 38.0 Å². The summed E-state index contributed by atoms with van der Waals surface area (Å²) in [6.45, 7) is 3.90. The Hall–Kier alpha value is -5.09. The van der Waals surface area contributed by atoms with Gasteiger partial charge >= 0.3 is 18.2 Å². The third-order valence-corrected chi connectivity index (χ3v) is 7.86. The van der Waals surface area contributed by atoms with E-state index in [9.17, 15) is 37.8 Å². The van der Waals surface area contributed by atoms with Crippen molar-refractivity contribution in [2.75, 3.05) is 32.1 Å². The number of nitrogens with zero attached hydrogens (tertiary/aromatic N) is 3. The smallest absolute Gasteiger partial charge is 0.430 e. The van der Waals surface area contributed by atoms with Gasteiger partial charge in [-0.3, -0.25) is 9.69 Å². The van der Waals surface area contributed by atoms with Crippen LogP contribution in [0.15, 0.2) is 60.8 Å². The van der Waals surface area contributed by atoms with E-state index < -0.39 is 42.1 Å². The number of aromatic hydroxyl groups is 2. The molecular weight excluding hydrogens is 651 g/mol. The Morgan fingerprint density at radius 3 is 2.35 bits per heavy atom. The Balaban J connectivity index is 0.000000838. The normalized spacial score (nSPS) is 18.0. The standard InChI is InChI=1S/C31H39N5O6.C2HF3O2/c1-4-42-30(40)28-17-23(18-34(28)2)33-31(41)35(29(39)27(32)16-21-10-12-25(37)13-11-21)24-8-6-14-36(3,20-24)19-22-7-5-9-26(38)15-22;3-2(4,5)1(6)7/h5,7,9-13,15,17-18,24,27H,4,6,8,14,16,19-20,32H2,1-3H3,(H2-,33,37,38,41);(H,6,7)/t24-,27-,36?;/m0./s1. The molecule has 0 saturated carbocycles. The topological polar surface area (TPSA) is 187 Å². The molecule has 1 aromatic heterocycles. The number of phenols is 2. The van der Waals surface area contributed by atoms with E-state index in [-0.39, 0.29) is 30.2 Å². The molecule has 3 aromatic rings. The molecule has 2 aromatic carbocycles. The molecule has 3 amide bonds. The number of hydrogen-bond donors (Lipinski definition) is 4. The second-order valence-corrected chi connectivity index (χ2v) is 12.0. The summed E-state index contributed by atoms with van der Waals surface area (Å²) in [6, 6.07) is 13.0. The number of alkyl halides is 3. The SMILES string of the molecule is CCOC(=O)c1cc(NC(=O)N(C(=O)[C@@H](N)Cc2ccc(O)cc2)[C@H]2CCC[N+](C)(Cc3cccc(O)c3)C2)cn1C.O=C([O-])C(F)(F)F. The van der Waals surface area contributed by atoms with Crippen LogP contribution < -0.4 is 16.2 Å². The maximum atomic E-state index is 13.9. The third-order valence-electron chi connectivity index (χ3n) is 7.86. The number of anilines is 1. The monoisotopic (exact) mass is 691 g/mol. The van der Waals surface area contributed by atoms with Crippen molar-refractivity contribution in [1.29, 1.82) is 0 Å². The molecule has 0 radical (unpaired) electrons. The zero-order valence-electron chi connectivity index (χ0n) is 27.3. The third kappa shape index (κ3) is 11.0. The number of benzene rings is 2. The predicted molar refractivity (Wildman–Crippen MR) is 169 cm³/mol. The van der Waals surface area contributed by atoms with Crippen molar-refractivity contribution in [2.45, 2.75) is 51.0 Å². The van der Waals surface area contributed by atoms with Crippen molar-refractivity contribution >= 4 is 29.6 Å². The molecule has 5 N–H and O–H groups in total. The van der Waals surface area contributed by atoms with Crippen LogP contribution in [0.2, 0.25) is 0 Å². The number of esters is 1. The van der Waals surface area contributed by atoms with Crippen LogP contribution in [0, 0.1) is 0 Å². The number of amides is 3. The van der Waals surface area contributed by atoms with E-state index in [2.05, 4.69) is 12.4 Å². The van der Waals surface area contributed by atoms with Crippen LogP contribution in [0.4, 0.5) is 23.7 Å². The summed E-state index contributed by atoms with van der Waals surface area (Å²) in [6.07, 6.45) is -2.03. The number of imide groups is 1. The highest BCUT2D eigenvalue weighted by Gasteiger charge is 2.41. The Labute approximate surface area is 280 Å². The number of phenolic OH excluding ortho intramolecular Hbond substituents is 2. The van der Waals surface area contributed by atoms with Crippen LogP contribution in [0.25, 0.3) is 0 Å². The summed E-state index contributed by atoms with van der Waals surface area (Å²) in [5.74, 6) is -3.74. The number of halogens is 3. The molecule has 1 fully saturated rings. The van der Waals surface area contributed by atoms with Gasteiger partial charge in [0, 0.05) is 18.8 Å². The van der Waals surface area contributed by atoms with Gasteiger partial charge in [-0.2, -0.15) is 13.2 Å². The van der Waals surface area contributed by atoms with Crippen LogP contribution >= 0.6 is 0 Å². The van der Waals surface area contributed by atoms with E-state index in [1.165, 1.54) is 23.1 Å². The van der Waals surface area contributed by atoms with E-state index in [4.69, 9.17) is 20.4 Å². The first-order valence-electron chi connectivity index (χ1n) is 15.3. The van der Waals surface area contributed by atoms with Crippen LogP contribution in [-0.4, -0.2) is 93.0 Å². The highest BCUT2D eigenvalue weighted by atomic mass is 19.4. The van der Waals surface area contributed by atoms with E-state index >= 15 is 0 Å². The number of ether oxygens (including phenoxy) is 1. The number of nitrogens with one attached hydrogen (secondary N) is 1. The van der Waals surface area contributed by atoms with Crippen molar-refractivity contribution < 1.29 is 56.9 Å². The second-order valence-electron chi connectivity index (χ2n) is 12.0. The largest absolute Gasteiger partial charge is 0.542 e. The molecule has 266 valence electrons. The number of carboxylic acid groups (broad SMARTS) is 1. The zero-order chi connectivity index (χ0) is 36.5. The average Bonchev–Trinajstić information content (AvgIpc) is 3.37.